The lowest BCUT2D eigenvalue weighted by atomic mass is 10.1. The lowest BCUT2D eigenvalue weighted by Crippen LogP contribution is -2.04. The fourth-order valence-electron chi connectivity index (χ4n) is 2.78. The zero-order valence-electron chi connectivity index (χ0n) is 11.7. The predicted molar refractivity (Wildman–Crippen MR) is 93.9 cm³/mol. The zero-order valence-corrected chi connectivity index (χ0v) is 13.8. The third-order valence-corrected chi connectivity index (χ3v) is 4.56. The molecule has 1 aliphatic heterocycles. The first-order chi connectivity index (χ1) is 10.7. The van der Waals surface area contributed by atoms with E-state index in [4.69, 9.17) is 5.10 Å². The molecule has 0 spiro atoms. The van der Waals surface area contributed by atoms with Crippen LogP contribution in [0.5, 0.6) is 0 Å². The first-order valence-electron chi connectivity index (χ1n) is 7.10. The number of anilines is 1. The van der Waals surface area contributed by atoms with Crippen molar-refractivity contribution in [3.8, 4) is 16.9 Å². The lowest BCUT2D eigenvalue weighted by Gasteiger charge is -2.06. The Morgan fingerprint density at radius 3 is 2.50 bits per heavy atom. The molecule has 3 aromatic rings. The topological polar surface area (TPSA) is 29.9 Å². The number of benzene rings is 2. The van der Waals surface area contributed by atoms with Crippen LogP contribution in [0.25, 0.3) is 16.9 Å². The van der Waals surface area contributed by atoms with E-state index in [2.05, 4.69) is 52.2 Å². The fourth-order valence-corrected chi connectivity index (χ4v) is 3.14. The van der Waals surface area contributed by atoms with Gasteiger partial charge in [-0.25, -0.2) is 9.07 Å². The molecule has 1 N–H and O–H groups in total. The van der Waals surface area contributed by atoms with Crippen LogP contribution < -0.4 is 5.32 Å². The second kappa shape index (κ2) is 5.39. The normalized spacial score (nSPS) is 13.0. The van der Waals surface area contributed by atoms with E-state index in [1.54, 1.807) is 12.1 Å². The molecule has 2 aromatic carbocycles. The molecule has 0 saturated carbocycles. The van der Waals surface area contributed by atoms with E-state index in [1.807, 2.05) is 4.68 Å². The van der Waals surface area contributed by atoms with Crippen molar-refractivity contribution in [2.45, 2.75) is 6.42 Å². The lowest BCUT2D eigenvalue weighted by molar-refractivity contribution is 0.628. The number of nitrogens with one attached hydrogen (secondary N) is 1. The van der Waals surface area contributed by atoms with Gasteiger partial charge in [0.1, 0.15) is 11.6 Å². The summed E-state index contributed by atoms with van der Waals surface area (Å²) < 4.78 is 16.3. The molecule has 0 unspecified atom stereocenters. The third-order valence-electron chi connectivity index (χ3n) is 3.84. The number of fused-ring (bicyclic) bond motifs is 1. The smallest absolute Gasteiger partial charge is 0.133 e. The minimum absolute atomic E-state index is 0.226. The summed E-state index contributed by atoms with van der Waals surface area (Å²) in [5, 5.41) is 8.17. The van der Waals surface area contributed by atoms with Gasteiger partial charge in [-0.3, -0.25) is 0 Å². The molecule has 1 aromatic heterocycles. The quantitative estimate of drug-likeness (QED) is 0.647. The molecule has 5 heteroatoms. The molecule has 110 valence electrons. The standard InChI is InChI=1S/C17H13FIN3/c18-12-3-1-11(2-4-12)16-15-9-10-20-17(15)22(21-16)14-7-5-13(19)6-8-14/h1-8,20H,9-10H2. The average molecular weight is 405 g/mol. The van der Waals surface area contributed by atoms with Gasteiger partial charge in [0, 0.05) is 21.2 Å². The second-order valence-corrected chi connectivity index (χ2v) is 6.49. The van der Waals surface area contributed by atoms with E-state index < -0.39 is 0 Å². The van der Waals surface area contributed by atoms with Gasteiger partial charge in [-0.1, -0.05) is 0 Å². The van der Waals surface area contributed by atoms with Crippen molar-refractivity contribution in [1.82, 2.24) is 9.78 Å². The number of rotatable bonds is 2. The number of aromatic nitrogens is 2. The fraction of sp³-hybridized carbons (Fsp3) is 0.118. The third kappa shape index (κ3) is 2.29. The highest BCUT2D eigenvalue weighted by atomic mass is 127. The summed E-state index contributed by atoms with van der Waals surface area (Å²) in [6, 6.07) is 14.8. The first-order valence-corrected chi connectivity index (χ1v) is 8.18. The number of nitrogens with zero attached hydrogens (tertiary/aromatic N) is 2. The maximum Gasteiger partial charge on any atom is 0.133 e. The SMILES string of the molecule is Fc1ccc(-c2nn(-c3ccc(I)cc3)c3c2CCN3)cc1. The van der Waals surface area contributed by atoms with Crippen LogP contribution in [-0.2, 0) is 6.42 Å². The van der Waals surface area contributed by atoms with Gasteiger partial charge < -0.3 is 5.32 Å². The summed E-state index contributed by atoms with van der Waals surface area (Å²) in [4.78, 5) is 0. The summed E-state index contributed by atoms with van der Waals surface area (Å²) in [5.41, 5.74) is 4.11. The van der Waals surface area contributed by atoms with Crippen molar-refractivity contribution in [1.29, 1.82) is 0 Å². The van der Waals surface area contributed by atoms with Crippen LogP contribution in [0, 0.1) is 9.39 Å². The molecule has 0 bridgehead atoms. The minimum atomic E-state index is -0.226. The number of hydrogen-bond acceptors (Lipinski definition) is 2. The molecule has 0 amide bonds. The van der Waals surface area contributed by atoms with Gasteiger partial charge in [0.05, 0.1) is 11.4 Å². The Hall–Kier alpha value is -1.89. The molecule has 0 fully saturated rings. The molecule has 0 aliphatic carbocycles. The van der Waals surface area contributed by atoms with Gasteiger partial charge in [-0.2, -0.15) is 5.10 Å². The summed E-state index contributed by atoms with van der Waals surface area (Å²) in [6.07, 6.45) is 0.937. The molecule has 22 heavy (non-hydrogen) atoms. The van der Waals surface area contributed by atoms with Crippen LogP contribution in [-0.4, -0.2) is 16.3 Å². The highest BCUT2D eigenvalue weighted by molar-refractivity contribution is 14.1. The van der Waals surface area contributed by atoms with Crippen molar-refractivity contribution < 1.29 is 4.39 Å². The average Bonchev–Trinajstić information content (AvgIpc) is 3.12. The Bertz CT molecular complexity index is 754. The largest absolute Gasteiger partial charge is 0.369 e. The monoisotopic (exact) mass is 405 g/mol. The molecule has 2 heterocycles. The minimum Gasteiger partial charge on any atom is -0.369 e. The molecule has 3 nitrogen and oxygen atoms in total. The van der Waals surface area contributed by atoms with Crippen molar-refractivity contribution >= 4 is 28.4 Å². The van der Waals surface area contributed by atoms with Crippen LogP contribution in [0.15, 0.2) is 48.5 Å². The molecular formula is C17H13FIN3. The zero-order chi connectivity index (χ0) is 15.1. The van der Waals surface area contributed by atoms with E-state index in [9.17, 15) is 4.39 Å². The Balaban J connectivity index is 1.86. The van der Waals surface area contributed by atoms with Crippen LogP contribution >= 0.6 is 22.6 Å². The summed E-state index contributed by atoms with van der Waals surface area (Å²) in [7, 11) is 0. The van der Waals surface area contributed by atoms with Crippen molar-refractivity contribution in [2.75, 3.05) is 11.9 Å². The van der Waals surface area contributed by atoms with E-state index in [0.717, 1.165) is 35.7 Å². The maximum absolute atomic E-state index is 13.1. The summed E-state index contributed by atoms with van der Waals surface area (Å²) in [5.74, 6) is 0.816. The highest BCUT2D eigenvalue weighted by Gasteiger charge is 2.23. The van der Waals surface area contributed by atoms with E-state index in [0.29, 0.717) is 0 Å². The van der Waals surface area contributed by atoms with Gasteiger partial charge in [0.15, 0.2) is 0 Å². The van der Waals surface area contributed by atoms with Crippen LogP contribution in [0.3, 0.4) is 0 Å². The van der Waals surface area contributed by atoms with Gasteiger partial charge in [0.2, 0.25) is 0 Å². The molecule has 0 saturated heterocycles. The summed E-state index contributed by atoms with van der Waals surface area (Å²) >= 11 is 2.29. The van der Waals surface area contributed by atoms with Crippen molar-refractivity contribution in [3.63, 3.8) is 0 Å². The van der Waals surface area contributed by atoms with E-state index >= 15 is 0 Å². The van der Waals surface area contributed by atoms with Crippen molar-refractivity contribution in [3.05, 3.63) is 63.5 Å². The Labute approximate surface area is 141 Å². The number of halogens is 2. The van der Waals surface area contributed by atoms with Crippen LogP contribution in [0.2, 0.25) is 0 Å². The van der Waals surface area contributed by atoms with E-state index in [1.165, 1.54) is 21.3 Å². The van der Waals surface area contributed by atoms with Crippen LogP contribution in [0.1, 0.15) is 5.56 Å². The Morgan fingerprint density at radius 1 is 1.05 bits per heavy atom. The first kappa shape index (κ1) is 13.8. The molecule has 1 aliphatic rings. The van der Waals surface area contributed by atoms with Gasteiger partial charge in [-0.05, 0) is 77.5 Å². The predicted octanol–water partition coefficient (Wildman–Crippen LogP) is 4.25. The van der Waals surface area contributed by atoms with E-state index in [-0.39, 0.29) is 5.82 Å². The Kier molecular flexibility index (Phi) is 3.37. The maximum atomic E-state index is 13.1. The van der Waals surface area contributed by atoms with Crippen molar-refractivity contribution in [2.24, 2.45) is 0 Å². The van der Waals surface area contributed by atoms with Gasteiger partial charge in [0.25, 0.3) is 0 Å². The second-order valence-electron chi connectivity index (χ2n) is 5.25. The van der Waals surface area contributed by atoms with Crippen LogP contribution in [0.4, 0.5) is 10.2 Å². The Morgan fingerprint density at radius 2 is 1.77 bits per heavy atom. The summed E-state index contributed by atoms with van der Waals surface area (Å²) in [6.45, 7) is 0.908. The number of hydrogen-bond donors (Lipinski definition) is 1. The molecular weight excluding hydrogens is 392 g/mol. The molecule has 0 radical (unpaired) electrons. The highest BCUT2D eigenvalue weighted by Crippen LogP contribution is 2.34. The molecule has 4 rings (SSSR count). The van der Waals surface area contributed by atoms with Gasteiger partial charge >= 0.3 is 0 Å². The van der Waals surface area contributed by atoms with Gasteiger partial charge in [-0.15, -0.1) is 0 Å². The molecule has 0 atom stereocenters.